The van der Waals surface area contributed by atoms with E-state index in [0.29, 0.717) is 0 Å². The first-order chi connectivity index (χ1) is 7.01. The fraction of sp³-hybridized carbons (Fsp3) is 0.462. The van der Waals surface area contributed by atoms with Crippen LogP contribution in [0.1, 0.15) is 36.0 Å². The maximum atomic E-state index is 10.8. The van der Waals surface area contributed by atoms with Crippen molar-refractivity contribution in [3.05, 3.63) is 33.1 Å². The molecule has 1 heterocycles. The molecule has 0 atom stereocenters. The van der Waals surface area contributed by atoms with Gasteiger partial charge in [-0.25, -0.2) is 0 Å². The van der Waals surface area contributed by atoms with Crippen LogP contribution < -0.4 is 16.1 Å². The average molecular weight is 209 g/mol. The molecule has 0 amide bonds. The SMILES string of the molecule is C/C=c1/ccc(=O)[nH]/c1=C/C.CC(C)C.[HH]. The van der Waals surface area contributed by atoms with Crippen LogP contribution in [0.25, 0.3) is 12.2 Å². The summed E-state index contributed by atoms with van der Waals surface area (Å²) in [6.45, 7) is 10.3. The molecule has 1 aromatic heterocycles. The summed E-state index contributed by atoms with van der Waals surface area (Å²) >= 11 is 0. The van der Waals surface area contributed by atoms with Crippen molar-refractivity contribution in [3.8, 4) is 0 Å². The van der Waals surface area contributed by atoms with E-state index in [1.165, 1.54) is 6.07 Å². The van der Waals surface area contributed by atoms with Gasteiger partial charge in [-0.2, -0.15) is 0 Å². The predicted octanol–water partition coefficient (Wildman–Crippen LogP) is 1.88. The Morgan fingerprint density at radius 3 is 2.13 bits per heavy atom. The highest BCUT2D eigenvalue weighted by Crippen LogP contribution is 1.81. The lowest BCUT2D eigenvalue weighted by Gasteiger charge is -1.86. The summed E-state index contributed by atoms with van der Waals surface area (Å²) in [4.78, 5) is 13.6. The van der Waals surface area contributed by atoms with E-state index in [0.717, 1.165) is 16.5 Å². The van der Waals surface area contributed by atoms with Crippen LogP contribution in [-0.2, 0) is 0 Å². The Kier molecular flexibility index (Phi) is 6.43. The molecule has 2 heteroatoms. The summed E-state index contributed by atoms with van der Waals surface area (Å²) in [6, 6.07) is 3.34. The van der Waals surface area contributed by atoms with Gasteiger partial charge in [0, 0.05) is 12.8 Å². The second-order valence-corrected chi connectivity index (χ2v) is 4.00. The molecule has 0 bridgehead atoms. The van der Waals surface area contributed by atoms with Crippen LogP contribution in [0.3, 0.4) is 0 Å². The summed E-state index contributed by atoms with van der Waals surface area (Å²) < 4.78 is 0. The largest absolute Gasteiger partial charge is 0.322 e. The molecule has 0 aliphatic rings. The highest BCUT2D eigenvalue weighted by Gasteiger charge is 1.82. The van der Waals surface area contributed by atoms with E-state index in [-0.39, 0.29) is 6.99 Å². The molecule has 1 rings (SSSR count). The Balaban J connectivity index is 0. The van der Waals surface area contributed by atoms with Gasteiger partial charge in [-0.1, -0.05) is 32.9 Å². The Labute approximate surface area is 92.8 Å². The summed E-state index contributed by atoms with van der Waals surface area (Å²) in [6.07, 6.45) is 3.85. The summed E-state index contributed by atoms with van der Waals surface area (Å²) in [5.41, 5.74) is -0.0521. The number of hydrogen-bond acceptors (Lipinski definition) is 1. The number of rotatable bonds is 0. The summed E-state index contributed by atoms with van der Waals surface area (Å²) in [5, 5.41) is 1.95. The molecule has 0 unspecified atom stereocenters. The van der Waals surface area contributed by atoms with Crippen LogP contribution in [0.5, 0.6) is 0 Å². The number of pyridine rings is 1. The lowest BCUT2D eigenvalue weighted by Crippen LogP contribution is -2.32. The molecule has 0 saturated carbocycles. The van der Waals surface area contributed by atoms with Gasteiger partial charge in [0.05, 0.1) is 0 Å². The zero-order valence-corrected chi connectivity index (χ0v) is 10.3. The van der Waals surface area contributed by atoms with Gasteiger partial charge >= 0.3 is 0 Å². The van der Waals surface area contributed by atoms with Crippen molar-refractivity contribution in [3.63, 3.8) is 0 Å². The Morgan fingerprint density at radius 2 is 1.73 bits per heavy atom. The zero-order valence-electron chi connectivity index (χ0n) is 10.3. The maximum Gasteiger partial charge on any atom is 0.248 e. The third-order valence-corrected chi connectivity index (χ3v) is 1.58. The van der Waals surface area contributed by atoms with E-state index >= 15 is 0 Å². The molecular weight excluding hydrogens is 186 g/mol. The standard InChI is InChI=1S/C9H11NO.C4H10.H2/c1-3-7-5-6-9(11)10-8(7)4-2;1-4(2)3;/h3-6H,1-2H3,(H,10,11);4H,1-3H3;1H/b7-3-,8-4+;;. The third-order valence-electron chi connectivity index (χ3n) is 1.58. The van der Waals surface area contributed by atoms with Gasteiger partial charge in [-0.05, 0) is 31.1 Å². The molecule has 0 fully saturated rings. The van der Waals surface area contributed by atoms with Crippen LogP contribution in [-0.4, -0.2) is 4.98 Å². The Hall–Kier alpha value is -1.31. The van der Waals surface area contributed by atoms with Gasteiger partial charge in [0.15, 0.2) is 0 Å². The van der Waals surface area contributed by atoms with E-state index in [2.05, 4.69) is 25.8 Å². The first-order valence-electron chi connectivity index (χ1n) is 5.33. The minimum atomic E-state index is -0.0521. The minimum Gasteiger partial charge on any atom is -0.322 e. The third kappa shape index (κ3) is 5.89. The lowest BCUT2D eigenvalue weighted by molar-refractivity contribution is 0.737. The van der Waals surface area contributed by atoms with E-state index in [9.17, 15) is 4.79 Å². The van der Waals surface area contributed by atoms with E-state index < -0.39 is 0 Å². The quantitative estimate of drug-likeness (QED) is 0.695. The highest BCUT2D eigenvalue weighted by molar-refractivity contribution is 5.24. The number of aromatic nitrogens is 1. The molecule has 2 nitrogen and oxygen atoms in total. The molecule has 1 N–H and O–H groups in total. The molecule has 0 aliphatic heterocycles. The number of nitrogens with one attached hydrogen (secondary N) is 1. The second kappa shape index (κ2) is 7.04. The fourth-order valence-electron chi connectivity index (χ4n) is 0.992. The maximum absolute atomic E-state index is 10.8. The zero-order chi connectivity index (χ0) is 11.8. The Bertz CT molecular complexity index is 443. The van der Waals surface area contributed by atoms with Crippen molar-refractivity contribution in [1.82, 2.24) is 4.98 Å². The van der Waals surface area contributed by atoms with Gasteiger partial charge in [-0.15, -0.1) is 0 Å². The molecule has 0 aliphatic carbocycles. The first-order valence-corrected chi connectivity index (χ1v) is 5.33. The minimum absolute atomic E-state index is 0. The van der Waals surface area contributed by atoms with Crippen LogP contribution in [0.4, 0.5) is 0 Å². The summed E-state index contributed by atoms with van der Waals surface area (Å²) in [5.74, 6) is 0.833. The van der Waals surface area contributed by atoms with Crippen molar-refractivity contribution in [2.24, 2.45) is 5.92 Å². The van der Waals surface area contributed by atoms with Crippen LogP contribution in [0.2, 0.25) is 0 Å². The Morgan fingerprint density at radius 1 is 1.20 bits per heavy atom. The fourth-order valence-corrected chi connectivity index (χ4v) is 0.992. The monoisotopic (exact) mass is 209 g/mol. The summed E-state index contributed by atoms with van der Waals surface area (Å²) in [7, 11) is 0. The molecule has 15 heavy (non-hydrogen) atoms. The highest BCUT2D eigenvalue weighted by atomic mass is 16.1. The molecular formula is C13H23NO. The molecule has 0 saturated heterocycles. The van der Waals surface area contributed by atoms with Gasteiger partial charge in [-0.3, -0.25) is 4.79 Å². The predicted molar refractivity (Wildman–Crippen MR) is 69.2 cm³/mol. The topological polar surface area (TPSA) is 32.9 Å². The van der Waals surface area contributed by atoms with E-state index in [4.69, 9.17) is 0 Å². The number of aromatic amines is 1. The van der Waals surface area contributed by atoms with Gasteiger partial charge in [0.1, 0.15) is 0 Å². The van der Waals surface area contributed by atoms with E-state index in [1.807, 2.05) is 32.1 Å². The van der Waals surface area contributed by atoms with Gasteiger partial charge in [0.25, 0.3) is 0 Å². The number of hydrogen-bond donors (Lipinski definition) is 1. The lowest BCUT2D eigenvalue weighted by atomic mass is 10.3. The van der Waals surface area contributed by atoms with Crippen LogP contribution in [0, 0.1) is 5.92 Å². The first kappa shape index (κ1) is 13.7. The second-order valence-electron chi connectivity index (χ2n) is 4.00. The van der Waals surface area contributed by atoms with Crippen molar-refractivity contribution < 1.29 is 1.43 Å². The average Bonchev–Trinajstić information content (AvgIpc) is 2.16. The van der Waals surface area contributed by atoms with Crippen molar-refractivity contribution in [2.45, 2.75) is 34.6 Å². The normalized spacial score (nSPS) is 12.7. The molecule has 86 valence electrons. The van der Waals surface area contributed by atoms with Crippen molar-refractivity contribution in [1.29, 1.82) is 0 Å². The van der Waals surface area contributed by atoms with E-state index in [1.54, 1.807) is 0 Å². The van der Waals surface area contributed by atoms with Crippen molar-refractivity contribution >= 4 is 12.2 Å². The van der Waals surface area contributed by atoms with Crippen molar-refractivity contribution in [2.75, 3.05) is 0 Å². The molecule has 0 radical (unpaired) electrons. The van der Waals surface area contributed by atoms with Crippen LogP contribution in [0.15, 0.2) is 16.9 Å². The van der Waals surface area contributed by atoms with Gasteiger partial charge < -0.3 is 4.98 Å². The smallest absolute Gasteiger partial charge is 0.248 e. The van der Waals surface area contributed by atoms with Crippen LogP contribution >= 0.6 is 0 Å². The molecule has 0 aromatic carbocycles. The van der Waals surface area contributed by atoms with Gasteiger partial charge in [0.2, 0.25) is 5.56 Å². The number of H-pyrrole nitrogens is 1. The molecule has 1 aromatic rings. The molecule has 0 spiro atoms.